The van der Waals surface area contributed by atoms with Crippen molar-refractivity contribution in [1.29, 1.82) is 0 Å². The van der Waals surface area contributed by atoms with Gasteiger partial charge in [0.05, 0.1) is 0 Å². The molecule has 1 nitrogen and oxygen atoms in total. The number of nitrogens with one attached hydrogen (secondary N) is 1. The van der Waals surface area contributed by atoms with E-state index in [0.29, 0.717) is 6.04 Å². The standard InChI is InChI=1S/C18H23NS/c1-3-19-16(11-14-8-5-4-7-13(14)2)18-12-15-9-6-10-17(15)20-18/h4-5,7-8,12,16,19H,3,6,9-11H2,1-2H3. The zero-order chi connectivity index (χ0) is 13.9. The van der Waals surface area contributed by atoms with Gasteiger partial charge in [0.1, 0.15) is 0 Å². The van der Waals surface area contributed by atoms with Crippen LogP contribution in [0.25, 0.3) is 0 Å². The first-order valence-electron chi connectivity index (χ1n) is 7.67. The van der Waals surface area contributed by atoms with Crippen LogP contribution in [0.15, 0.2) is 30.3 Å². The van der Waals surface area contributed by atoms with Crippen molar-refractivity contribution in [2.24, 2.45) is 0 Å². The number of rotatable bonds is 5. The molecule has 0 saturated carbocycles. The average molecular weight is 285 g/mol. The van der Waals surface area contributed by atoms with Gasteiger partial charge in [0.2, 0.25) is 0 Å². The van der Waals surface area contributed by atoms with Gasteiger partial charge in [-0.05, 0) is 61.9 Å². The molecular formula is C18H23NS. The van der Waals surface area contributed by atoms with Crippen molar-refractivity contribution >= 4 is 11.3 Å². The lowest BCUT2D eigenvalue weighted by atomic mass is 10.00. The van der Waals surface area contributed by atoms with Crippen molar-refractivity contribution in [1.82, 2.24) is 5.32 Å². The first-order valence-corrected chi connectivity index (χ1v) is 8.49. The lowest BCUT2D eigenvalue weighted by Crippen LogP contribution is -2.22. The van der Waals surface area contributed by atoms with Gasteiger partial charge in [-0.1, -0.05) is 31.2 Å². The highest BCUT2D eigenvalue weighted by Gasteiger charge is 2.20. The summed E-state index contributed by atoms with van der Waals surface area (Å²) < 4.78 is 0. The minimum atomic E-state index is 0.469. The van der Waals surface area contributed by atoms with Gasteiger partial charge >= 0.3 is 0 Å². The molecule has 0 bridgehead atoms. The van der Waals surface area contributed by atoms with Crippen molar-refractivity contribution in [2.45, 2.75) is 45.6 Å². The molecule has 1 N–H and O–H groups in total. The number of aryl methyl sites for hydroxylation is 3. The summed E-state index contributed by atoms with van der Waals surface area (Å²) in [4.78, 5) is 3.16. The Morgan fingerprint density at radius 3 is 2.85 bits per heavy atom. The molecule has 106 valence electrons. The number of likely N-dealkylation sites (N-methyl/N-ethyl adjacent to an activating group) is 1. The van der Waals surface area contributed by atoms with Gasteiger partial charge in [-0.15, -0.1) is 11.3 Å². The Balaban J connectivity index is 1.83. The summed E-state index contributed by atoms with van der Waals surface area (Å²) in [5.74, 6) is 0. The first-order chi connectivity index (χ1) is 9.78. The van der Waals surface area contributed by atoms with Gasteiger partial charge in [-0.3, -0.25) is 0 Å². The molecule has 0 spiro atoms. The molecule has 1 aromatic heterocycles. The minimum absolute atomic E-state index is 0.469. The maximum Gasteiger partial charge on any atom is 0.0455 e. The van der Waals surface area contributed by atoms with Gasteiger partial charge in [-0.2, -0.15) is 0 Å². The van der Waals surface area contributed by atoms with Crippen LogP contribution < -0.4 is 5.32 Å². The van der Waals surface area contributed by atoms with E-state index in [1.54, 1.807) is 10.4 Å². The Kier molecular flexibility index (Phi) is 4.23. The van der Waals surface area contributed by atoms with Gasteiger partial charge < -0.3 is 5.32 Å². The SMILES string of the molecule is CCNC(Cc1ccccc1C)c1cc2c(s1)CCC2. The van der Waals surface area contributed by atoms with Crippen LogP contribution in [0.3, 0.4) is 0 Å². The van der Waals surface area contributed by atoms with Crippen LogP contribution in [-0.2, 0) is 19.3 Å². The van der Waals surface area contributed by atoms with Crippen molar-refractivity contribution in [3.8, 4) is 0 Å². The van der Waals surface area contributed by atoms with E-state index >= 15 is 0 Å². The predicted octanol–water partition coefficient (Wildman–Crippen LogP) is 4.44. The third kappa shape index (κ3) is 2.82. The maximum absolute atomic E-state index is 3.67. The van der Waals surface area contributed by atoms with Gasteiger partial charge in [0, 0.05) is 15.8 Å². The Morgan fingerprint density at radius 1 is 1.25 bits per heavy atom. The quantitative estimate of drug-likeness (QED) is 0.856. The van der Waals surface area contributed by atoms with E-state index < -0.39 is 0 Å². The predicted molar refractivity (Wildman–Crippen MR) is 87.6 cm³/mol. The third-order valence-electron chi connectivity index (χ3n) is 4.24. The van der Waals surface area contributed by atoms with E-state index in [1.165, 1.54) is 35.3 Å². The van der Waals surface area contributed by atoms with E-state index in [4.69, 9.17) is 0 Å². The number of fused-ring (bicyclic) bond motifs is 1. The number of thiophene rings is 1. The molecule has 1 heterocycles. The Labute approximate surface area is 126 Å². The summed E-state index contributed by atoms with van der Waals surface area (Å²) in [5, 5.41) is 3.67. The van der Waals surface area contributed by atoms with Crippen molar-refractivity contribution in [3.63, 3.8) is 0 Å². The van der Waals surface area contributed by atoms with Gasteiger partial charge in [0.25, 0.3) is 0 Å². The van der Waals surface area contributed by atoms with Crippen LogP contribution in [0, 0.1) is 6.92 Å². The smallest absolute Gasteiger partial charge is 0.0455 e. The normalized spacial score (nSPS) is 15.3. The van der Waals surface area contributed by atoms with Crippen LogP contribution in [0.5, 0.6) is 0 Å². The topological polar surface area (TPSA) is 12.0 Å². The fraction of sp³-hybridized carbons (Fsp3) is 0.444. The van der Waals surface area contributed by atoms with Gasteiger partial charge in [0.15, 0.2) is 0 Å². The van der Waals surface area contributed by atoms with Crippen molar-refractivity contribution < 1.29 is 0 Å². The van der Waals surface area contributed by atoms with Crippen molar-refractivity contribution in [2.75, 3.05) is 6.54 Å². The molecule has 0 amide bonds. The highest BCUT2D eigenvalue weighted by atomic mass is 32.1. The summed E-state index contributed by atoms with van der Waals surface area (Å²) >= 11 is 2.03. The Hall–Kier alpha value is -1.12. The monoisotopic (exact) mass is 285 g/mol. The number of benzene rings is 1. The van der Waals surface area contributed by atoms with Crippen LogP contribution in [-0.4, -0.2) is 6.54 Å². The lowest BCUT2D eigenvalue weighted by Gasteiger charge is -2.18. The fourth-order valence-electron chi connectivity index (χ4n) is 3.10. The highest BCUT2D eigenvalue weighted by molar-refractivity contribution is 7.12. The lowest BCUT2D eigenvalue weighted by molar-refractivity contribution is 0.557. The molecule has 20 heavy (non-hydrogen) atoms. The minimum Gasteiger partial charge on any atom is -0.309 e. The van der Waals surface area contributed by atoms with Gasteiger partial charge in [-0.25, -0.2) is 0 Å². The summed E-state index contributed by atoms with van der Waals surface area (Å²) in [6, 6.07) is 11.7. The number of hydrogen-bond donors (Lipinski definition) is 1. The number of hydrogen-bond acceptors (Lipinski definition) is 2. The molecule has 0 fully saturated rings. The fourth-order valence-corrected chi connectivity index (χ4v) is 4.44. The second-order valence-electron chi connectivity index (χ2n) is 5.69. The molecule has 1 aliphatic rings. The molecule has 0 aliphatic heterocycles. The summed E-state index contributed by atoms with van der Waals surface area (Å²) in [6.07, 6.45) is 5.03. The molecule has 1 atom stereocenters. The molecule has 1 unspecified atom stereocenters. The average Bonchev–Trinajstić information content (AvgIpc) is 3.01. The Morgan fingerprint density at radius 2 is 2.10 bits per heavy atom. The van der Waals surface area contributed by atoms with E-state index in [2.05, 4.69) is 49.5 Å². The highest BCUT2D eigenvalue weighted by Crippen LogP contribution is 2.35. The maximum atomic E-state index is 3.67. The molecule has 0 radical (unpaired) electrons. The molecule has 3 rings (SSSR count). The second-order valence-corrected chi connectivity index (χ2v) is 6.86. The van der Waals surface area contributed by atoms with Crippen molar-refractivity contribution in [3.05, 3.63) is 56.8 Å². The molecule has 1 aromatic carbocycles. The van der Waals surface area contributed by atoms with E-state index in [0.717, 1.165) is 13.0 Å². The van der Waals surface area contributed by atoms with E-state index in [9.17, 15) is 0 Å². The first kappa shape index (κ1) is 13.8. The summed E-state index contributed by atoms with van der Waals surface area (Å²) in [5.41, 5.74) is 4.48. The molecule has 2 aromatic rings. The molecule has 1 aliphatic carbocycles. The van der Waals surface area contributed by atoms with Crippen LogP contribution in [0.2, 0.25) is 0 Å². The van der Waals surface area contributed by atoms with E-state index in [-0.39, 0.29) is 0 Å². The zero-order valence-electron chi connectivity index (χ0n) is 12.4. The summed E-state index contributed by atoms with van der Waals surface area (Å²) in [7, 11) is 0. The Bertz CT molecular complexity index is 563. The molecule has 2 heteroatoms. The zero-order valence-corrected chi connectivity index (χ0v) is 13.2. The molecular weight excluding hydrogens is 262 g/mol. The largest absolute Gasteiger partial charge is 0.309 e. The van der Waals surface area contributed by atoms with Crippen LogP contribution >= 0.6 is 11.3 Å². The third-order valence-corrected chi connectivity index (χ3v) is 5.60. The second kappa shape index (κ2) is 6.11. The van der Waals surface area contributed by atoms with E-state index in [1.807, 2.05) is 11.3 Å². The molecule has 0 saturated heterocycles. The van der Waals surface area contributed by atoms with Crippen LogP contribution in [0.1, 0.15) is 45.8 Å². The van der Waals surface area contributed by atoms with Crippen LogP contribution in [0.4, 0.5) is 0 Å². The summed E-state index contributed by atoms with van der Waals surface area (Å²) in [6.45, 7) is 5.44.